The predicted octanol–water partition coefficient (Wildman–Crippen LogP) is 5.12. The van der Waals surface area contributed by atoms with Crippen molar-refractivity contribution in [1.29, 1.82) is 0 Å². The van der Waals surface area contributed by atoms with Crippen molar-refractivity contribution in [1.82, 2.24) is 0 Å². The maximum atomic E-state index is 12.5. The molecular formula is C14H13Br2NO2S2. The zero-order chi connectivity index (χ0) is 15.5. The van der Waals surface area contributed by atoms with Crippen LogP contribution in [-0.4, -0.2) is 14.2 Å². The molecule has 2 aromatic carbocycles. The van der Waals surface area contributed by atoms with E-state index >= 15 is 0 Å². The minimum atomic E-state index is -3.63. The number of rotatable bonds is 5. The summed E-state index contributed by atoms with van der Waals surface area (Å²) < 4.78 is 29.0. The monoisotopic (exact) mass is 449 g/mol. The molecular weight excluding hydrogens is 438 g/mol. The van der Waals surface area contributed by atoms with Gasteiger partial charge < -0.3 is 0 Å². The Kier molecular flexibility index (Phi) is 5.76. The van der Waals surface area contributed by atoms with E-state index in [1.807, 2.05) is 25.1 Å². The molecule has 112 valence electrons. The zero-order valence-corrected chi connectivity index (χ0v) is 15.9. The minimum absolute atomic E-state index is 0.210. The van der Waals surface area contributed by atoms with Crippen LogP contribution in [0.1, 0.15) is 6.92 Å². The second-order valence-corrected chi connectivity index (χ2v) is 8.84. The summed E-state index contributed by atoms with van der Waals surface area (Å²) in [6.45, 7) is 2.03. The summed E-state index contributed by atoms with van der Waals surface area (Å²) >= 11 is 8.20. The van der Waals surface area contributed by atoms with E-state index in [0.717, 1.165) is 15.1 Å². The first kappa shape index (κ1) is 16.9. The molecule has 0 aliphatic rings. The number of anilines is 1. The van der Waals surface area contributed by atoms with E-state index in [4.69, 9.17) is 0 Å². The van der Waals surface area contributed by atoms with Gasteiger partial charge in [-0.2, -0.15) is 0 Å². The van der Waals surface area contributed by atoms with E-state index < -0.39 is 10.0 Å². The lowest BCUT2D eigenvalue weighted by Gasteiger charge is -2.13. The van der Waals surface area contributed by atoms with Gasteiger partial charge >= 0.3 is 0 Å². The van der Waals surface area contributed by atoms with Crippen LogP contribution >= 0.6 is 43.6 Å². The van der Waals surface area contributed by atoms with E-state index in [-0.39, 0.29) is 4.90 Å². The quantitative estimate of drug-likeness (QED) is 0.642. The first-order valence-corrected chi connectivity index (χ1v) is 10.2. The molecule has 0 heterocycles. The second kappa shape index (κ2) is 7.17. The molecule has 0 bridgehead atoms. The molecule has 1 N–H and O–H groups in total. The summed E-state index contributed by atoms with van der Waals surface area (Å²) in [5.41, 5.74) is 0.596. The first-order chi connectivity index (χ1) is 9.94. The molecule has 7 heteroatoms. The van der Waals surface area contributed by atoms with Gasteiger partial charge in [0.2, 0.25) is 0 Å². The molecule has 0 aliphatic heterocycles. The van der Waals surface area contributed by atoms with Crippen molar-refractivity contribution in [2.75, 3.05) is 10.5 Å². The number of thioether (sulfide) groups is 1. The molecule has 0 aliphatic carbocycles. The van der Waals surface area contributed by atoms with Crippen LogP contribution in [0.4, 0.5) is 5.69 Å². The van der Waals surface area contributed by atoms with Gasteiger partial charge in [-0.3, -0.25) is 4.72 Å². The normalized spacial score (nSPS) is 11.4. The van der Waals surface area contributed by atoms with Gasteiger partial charge in [-0.05, 0) is 52.0 Å². The Bertz CT molecular complexity index is 748. The Morgan fingerprint density at radius 3 is 2.52 bits per heavy atom. The van der Waals surface area contributed by atoms with E-state index in [1.165, 1.54) is 0 Å². The highest BCUT2D eigenvalue weighted by molar-refractivity contribution is 9.11. The smallest absolute Gasteiger partial charge is 0.263 e. The van der Waals surface area contributed by atoms with Crippen molar-refractivity contribution < 1.29 is 8.42 Å². The molecule has 2 rings (SSSR count). The van der Waals surface area contributed by atoms with Gasteiger partial charge in [0.25, 0.3) is 10.0 Å². The highest BCUT2D eigenvalue weighted by Crippen LogP contribution is 2.31. The Balaban J connectivity index is 2.38. The molecule has 0 saturated heterocycles. The second-order valence-electron chi connectivity index (χ2n) is 4.11. The van der Waals surface area contributed by atoms with Crippen LogP contribution in [0.15, 0.2) is 61.2 Å². The SMILES string of the molecule is CCSc1ccccc1NS(=O)(=O)c1ccc(Br)cc1Br. The van der Waals surface area contributed by atoms with Gasteiger partial charge in [0.05, 0.1) is 5.69 Å². The number of para-hydroxylation sites is 1. The highest BCUT2D eigenvalue weighted by atomic mass is 79.9. The fourth-order valence-electron chi connectivity index (χ4n) is 1.73. The Hall–Kier alpha value is -0.500. The zero-order valence-electron chi connectivity index (χ0n) is 11.1. The van der Waals surface area contributed by atoms with Crippen LogP contribution < -0.4 is 4.72 Å². The van der Waals surface area contributed by atoms with Crippen LogP contribution in [0.2, 0.25) is 0 Å². The van der Waals surface area contributed by atoms with Crippen LogP contribution in [0, 0.1) is 0 Å². The molecule has 0 atom stereocenters. The number of benzene rings is 2. The van der Waals surface area contributed by atoms with Gasteiger partial charge in [-0.25, -0.2) is 8.42 Å². The number of nitrogens with one attached hydrogen (secondary N) is 1. The highest BCUT2D eigenvalue weighted by Gasteiger charge is 2.19. The topological polar surface area (TPSA) is 46.2 Å². The van der Waals surface area contributed by atoms with E-state index in [2.05, 4.69) is 36.6 Å². The molecule has 0 amide bonds. The summed E-state index contributed by atoms with van der Waals surface area (Å²) in [6, 6.07) is 12.4. The fraction of sp³-hybridized carbons (Fsp3) is 0.143. The molecule has 3 nitrogen and oxygen atoms in total. The molecule has 0 spiro atoms. The Labute approximate surface area is 145 Å². The van der Waals surface area contributed by atoms with Crippen LogP contribution in [0.3, 0.4) is 0 Å². The average Bonchev–Trinajstić information content (AvgIpc) is 2.40. The van der Waals surface area contributed by atoms with Crippen LogP contribution in [0.5, 0.6) is 0 Å². The van der Waals surface area contributed by atoms with E-state index in [1.54, 1.807) is 36.0 Å². The maximum Gasteiger partial charge on any atom is 0.263 e. The van der Waals surface area contributed by atoms with Crippen molar-refractivity contribution in [2.45, 2.75) is 16.7 Å². The van der Waals surface area contributed by atoms with Crippen molar-refractivity contribution in [3.8, 4) is 0 Å². The van der Waals surface area contributed by atoms with E-state index in [9.17, 15) is 8.42 Å². The summed E-state index contributed by atoms with van der Waals surface area (Å²) in [7, 11) is -3.63. The van der Waals surface area contributed by atoms with Crippen LogP contribution in [0.25, 0.3) is 0 Å². The van der Waals surface area contributed by atoms with Crippen molar-refractivity contribution in [3.63, 3.8) is 0 Å². The molecule has 0 unspecified atom stereocenters. The predicted molar refractivity (Wildman–Crippen MR) is 95.5 cm³/mol. The Morgan fingerprint density at radius 1 is 1.14 bits per heavy atom. The fourth-order valence-corrected chi connectivity index (χ4v) is 5.38. The summed E-state index contributed by atoms with van der Waals surface area (Å²) in [6.07, 6.45) is 0. The number of hydrogen-bond acceptors (Lipinski definition) is 3. The van der Waals surface area contributed by atoms with Gasteiger partial charge in [-0.1, -0.05) is 35.0 Å². The summed E-state index contributed by atoms with van der Waals surface area (Å²) in [5, 5.41) is 0. The first-order valence-electron chi connectivity index (χ1n) is 6.13. The molecule has 0 aromatic heterocycles. The minimum Gasteiger partial charge on any atom is -0.278 e. The lowest BCUT2D eigenvalue weighted by molar-refractivity contribution is 0.600. The largest absolute Gasteiger partial charge is 0.278 e. The maximum absolute atomic E-state index is 12.5. The lowest BCUT2D eigenvalue weighted by Crippen LogP contribution is -2.14. The molecule has 0 radical (unpaired) electrons. The summed E-state index contributed by atoms with van der Waals surface area (Å²) in [4.78, 5) is 1.12. The van der Waals surface area contributed by atoms with Gasteiger partial charge in [0, 0.05) is 13.8 Å². The standard InChI is InChI=1S/C14H13Br2NO2S2/c1-2-20-13-6-4-3-5-12(13)17-21(18,19)14-8-7-10(15)9-11(14)16/h3-9,17H,2H2,1H3. The van der Waals surface area contributed by atoms with Crippen LogP contribution in [-0.2, 0) is 10.0 Å². The third-order valence-corrected chi connectivity index (χ3v) is 6.41. The van der Waals surface area contributed by atoms with Crippen molar-refractivity contribution in [2.24, 2.45) is 0 Å². The van der Waals surface area contributed by atoms with Gasteiger partial charge in [-0.15, -0.1) is 11.8 Å². The third kappa shape index (κ3) is 4.25. The summed E-state index contributed by atoms with van der Waals surface area (Å²) in [5.74, 6) is 0.876. The van der Waals surface area contributed by atoms with Crippen molar-refractivity contribution >= 4 is 59.3 Å². The molecule has 2 aromatic rings. The number of halogens is 2. The number of hydrogen-bond donors (Lipinski definition) is 1. The third-order valence-electron chi connectivity index (χ3n) is 2.61. The van der Waals surface area contributed by atoms with Crippen molar-refractivity contribution in [3.05, 3.63) is 51.4 Å². The van der Waals surface area contributed by atoms with Gasteiger partial charge in [0.15, 0.2) is 0 Å². The molecule has 0 fully saturated rings. The van der Waals surface area contributed by atoms with Gasteiger partial charge in [0.1, 0.15) is 4.90 Å². The lowest BCUT2D eigenvalue weighted by atomic mass is 10.3. The molecule has 21 heavy (non-hydrogen) atoms. The Morgan fingerprint density at radius 2 is 1.86 bits per heavy atom. The average molecular weight is 451 g/mol. The van der Waals surface area contributed by atoms with E-state index in [0.29, 0.717) is 10.2 Å². The number of sulfonamides is 1. The molecule has 0 saturated carbocycles.